The molecule has 1 N–H and O–H groups in total. The highest BCUT2D eigenvalue weighted by Gasteiger charge is 2.47. The number of nitriles is 1. The molecule has 0 bridgehead atoms. The zero-order valence-electron chi connectivity index (χ0n) is 18.9. The fourth-order valence-corrected chi connectivity index (χ4v) is 4.56. The molecule has 178 valence electrons. The zero-order chi connectivity index (χ0) is 24.7. The highest BCUT2D eigenvalue weighted by Crippen LogP contribution is 2.32. The minimum atomic E-state index is -3.11. The number of carbonyl (C=O) groups is 2. The van der Waals surface area contributed by atoms with E-state index in [-0.39, 0.29) is 6.17 Å². The van der Waals surface area contributed by atoms with Gasteiger partial charge in [-0.15, -0.1) is 0 Å². The van der Waals surface area contributed by atoms with Crippen LogP contribution in [-0.2, 0) is 4.79 Å². The number of alkyl halides is 2. The molecule has 0 aliphatic carbocycles. The monoisotopic (exact) mass is 476 g/mol. The number of carbonyl (C=O) groups excluding carboxylic acids is 2. The number of pyridine rings is 1. The van der Waals surface area contributed by atoms with E-state index < -0.39 is 43.3 Å². The number of rotatable bonds is 4. The van der Waals surface area contributed by atoms with Gasteiger partial charge in [-0.05, 0) is 35.4 Å². The summed E-state index contributed by atoms with van der Waals surface area (Å²) in [4.78, 5) is 34.7. The van der Waals surface area contributed by atoms with E-state index in [4.69, 9.17) is 5.26 Å². The third-order valence-corrected chi connectivity index (χ3v) is 6.39. The smallest absolute Gasteiger partial charge is 0.268 e. The van der Waals surface area contributed by atoms with Crippen LogP contribution in [0.5, 0.6) is 0 Å². The Labute approximate surface area is 200 Å². The first-order chi connectivity index (χ1) is 16.8. The lowest BCUT2D eigenvalue weighted by Gasteiger charge is -2.28. The Kier molecular flexibility index (Phi) is 5.47. The normalized spacial score (nSPS) is 22.2. The average molecular weight is 476 g/mol. The molecule has 1 fully saturated rings. The van der Waals surface area contributed by atoms with Crippen LogP contribution < -0.4 is 5.32 Å². The number of fused-ring (bicyclic) bond motifs is 2. The molecule has 1 aromatic heterocycles. The standard InChI is InChI=1S/C25H22F2N6O2/c1-31-8-9-32-14-17(3-5-22(31)32)16-2-4-21-20(10-16)19(6-7-29-21)24(35)30-13-23(34)33-15-25(26,27)11-18(33)12-28/h2-10,14,18,22H,11,13,15H2,1H3,(H,30,35)/t18-,22?/m0/s1. The molecular formula is C25H22F2N6O2. The molecule has 0 saturated carbocycles. The second kappa shape index (κ2) is 8.51. The summed E-state index contributed by atoms with van der Waals surface area (Å²) >= 11 is 0. The van der Waals surface area contributed by atoms with Gasteiger partial charge in [-0.25, -0.2) is 8.78 Å². The first-order valence-corrected chi connectivity index (χ1v) is 11.1. The van der Waals surface area contributed by atoms with E-state index in [0.29, 0.717) is 16.5 Å². The van der Waals surface area contributed by atoms with Crippen LogP contribution in [0.4, 0.5) is 8.78 Å². The number of hydrogen-bond acceptors (Lipinski definition) is 6. The number of amides is 2. The number of benzene rings is 1. The summed E-state index contributed by atoms with van der Waals surface area (Å²) in [5, 5.41) is 12.2. The maximum atomic E-state index is 13.7. The Morgan fingerprint density at radius 1 is 1.29 bits per heavy atom. The van der Waals surface area contributed by atoms with Crippen LogP contribution in [0.15, 0.2) is 61.2 Å². The van der Waals surface area contributed by atoms with Gasteiger partial charge in [0, 0.05) is 43.7 Å². The topological polar surface area (TPSA) is 92.6 Å². The highest BCUT2D eigenvalue weighted by atomic mass is 19.3. The summed E-state index contributed by atoms with van der Waals surface area (Å²) in [5.41, 5.74) is 2.78. The quantitative estimate of drug-likeness (QED) is 0.730. The summed E-state index contributed by atoms with van der Waals surface area (Å²) in [6, 6.07) is 7.69. The van der Waals surface area contributed by atoms with Crippen LogP contribution in [0.3, 0.4) is 0 Å². The summed E-state index contributed by atoms with van der Waals surface area (Å²) in [5.74, 6) is -4.36. The van der Waals surface area contributed by atoms with Gasteiger partial charge >= 0.3 is 0 Å². The van der Waals surface area contributed by atoms with E-state index >= 15 is 0 Å². The van der Waals surface area contributed by atoms with E-state index in [0.717, 1.165) is 16.0 Å². The zero-order valence-corrected chi connectivity index (χ0v) is 18.9. The molecule has 2 aromatic rings. The van der Waals surface area contributed by atoms with Crippen molar-refractivity contribution in [1.82, 2.24) is 25.0 Å². The second-order valence-electron chi connectivity index (χ2n) is 8.77. The van der Waals surface area contributed by atoms with Crippen LogP contribution in [0.1, 0.15) is 22.3 Å². The van der Waals surface area contributed by atoms with Gasteiger partial charge in [0.05, 0.1) is 30.2 Å². The van der Waals surface area contributed by atoms with Crippen LogP contribution >= 0.6 is 0 Å². The molecule has 8 nitrogen and oxygen atoms in total. The van der Waals surface area contributed by atoms with Crippen molar-refractivity contribution in [3.05, 3.63) is 72.3 Å². The van der Waals surface area contributed by atoms with E-state index in [9.17, 15) is 18.4 Å². The number of likely N-dealkylation sites (tertiary alicyclic amines) is 1. The van der Waals surface area contributed by atoms with Crippen molar-refractivity contribution in [3.8, 4) is 6.07 Å². The molecule has 3 aliphatic rings. The highest BCUT2D eigenvalue weighted by molar-refractivity contribution is 6.07. The largest absolute Gasteiger partial charge is 0.356 e. The molecular weight excluding hydrogens is 454 g/mol. The van der Waals surface area contributed by atoms with Crippen molar-refractivity contribution >= 4 is 28.3 Å². The Hall–Kier alpha value is -4.26. The lowest BCUT2D eigenvalue weighted by Crippen LogP contribution is -2.43. The third-order valence-electron chi connectivity index (χ3n) is 6.39. The number of nitrogens with one attached hydrogen (secondary N) is 1. The van der Waals surface area contributed by atoms with Gasteiger partial charge in [-0.3, -0.25) is 14.6 Å². The van der Waals surface area contributed by atoms with Gasteiger partial charge in [0.2, 0.25) is 5.91 Å². The SMILES string of the molecule is CN1C=CN2C=C(c3ccc4nccc(C(=O)NCC(=O)N5CC(F)(F)C[C@H]5C#N)c4c3)C=CC12. The summed E-state index contributed by atoms with van der Waals surface area (Å²) < 4.78 is 27.3. The van der Waals surface area contributed by atoms with E-state index in [1.54, 1.807) is 12.1 Å². The van der Waals surface area contributed by atoms with Crippen molar-refractivity contribution in [2.75, 3.05) is 20.1 Å². The van der Waals surface area contributed by atoms with Gasteiger partial charge in [0.25, 0.3) is 11.8 Å². The van der Waals surface area contributed by atoms with E-state index in [2.05, 4.69) is 26.2 Å². The molecule has 3 aliphatic heterocycles. The maximum absolute atomic E-state index is 13.7. The summed E-state index contributed by atoms with van der Waals surface area (Å²) in [6.45, 7) is -1.31. The molecule has 1 unspecified atom stereocenters. The van der Waals surface area contributed by atoms with E-state index in [1.807, 2.05) is 49.9 Å². The Bertz CT molecular complexity index is 1350. The van der Waals surface area contributed by atoms with Crippen LogP contribution in [-0.4, -0.2) is 69.8 Å². The molecule has 10 heteroatoms. The molecule has 4 heterocycles. The Morgan fingerprint density at radius 3 is 2.91 bits per heavy atom. The number of halogens is 2. The summed E-state index contributed by atoms with van der Waals surface area (Å²) in [6.07, 6.45) is 11.0. The van der Waals surface area contributed by atoms with Crippen LogP contribution in [0, 0.1) is 11.3 Å². The molecule has 1 saturated heterocycles. The minimum absolute atomic E-state index is 0.135. The predicted octanol–water partition coefficient (Wildman–Crippen LogP) is 2.68. The lowest BCUT2D eigenvalue weighted by atomic mass is 9.99. The Balaban J connectivity index is 1.35. The third kappa shape index (κ3) is 4.21. The van der Waals surface area contributed by atoms with Crippen LogP contribution in [0.2, 0.25) is 0 Å². The lowest BCUT2D eigenvalue weighted by molar-refractivity contribution is -0.131. The predicted molar refractivity (Wildman–Crippen MR) is 124 cm³/mol. The van der Waals surface area contributed by atoms with Crippen LogP contribution in [0.25, 0.3) is 16.5 Å². The maximum Gasteiger partial charge on any atom is 0.268 e. The Morgan fingerprint density at radius 2 is 2.11 bits per heavy atom. The van der Waals surface area contributed by atoms with Gasteiger partial charge in [-0.1, -0.05) is 12.1 Å². The number of nitrogens with zero attached hydrogens (tertiary/aromatic N) is 5. The van der Waals surface area contributed by atoms with Gasteiger partial charge in [0.1, 0.15) is 12.2 Å². The number of aromatic nitrogens is 1. The first-order valence-electron chi connectivity index (χ1n) is 11.1. The van der Waals surface area contributed by atoms with Gasteiger partial charge in [-0.2, -0.15) is 5.26 Å². The average Bonchev–Trinajstić information content (AvgIpc) is 3.39. The van der Waals surface area contributed by atoms with Crippen molar-refractivity contribution < 1.29 is 18.4 Å². The van der Waals surface area contributed by atoms with Gasteiger partial charge in [0.15, 0.2) is 0 Å². The molecule has 2 atom stereocenters. The van der Waals surface area contributed by atoms with Gasteiger partial charge < -0.3 is 20.0 Å². The fraction of sp³-hybridized carbons (Fsp3) is 0.280. The van der Waals surface area contributed by atoms with Crippen molar-refractivity contribution in [2.45, 2.75) is 24.6 Å². The fourth-order valence-electron chi connectivity index (χ4n) is 4.56. The first kappa shape index (κ1) is 22.5. The molecule has 35 heavy (non-hydrogen) atoms. The van der Waals surface area contributed by atoms with Crippen molar-refractivity contribution in [1.29, 1.82) is 5.26 Å². The molecule has 5 rings (SSSR count). The second-order valence-corrected chi connectivity index (χ2v) is 8.77. The summed E-state index contributed by atoms with van der Waals surface area (Å²) in [7, 11) is 2.00. The number of hydrogen-bond donors (Lipinski definition) is 1. The number of allylic oxidation sites excluding steroid dienone is 2. The molecule has 1 aromatic carbocycles. The number of likely N-dealkylation sites (N-methyl/N-ethyl adjacent to an activating group) is 1. The van der Waals surface area contributed by atoms with Crippen molar-refractivity contribution in [3.63, 3.8) is 0 Å². The minimum Gasteiger partial charge on any atom is -0.356 e. The molecule has 0 spiro atoms. The van der Waals surface area contributed by atoms with E-state index in [1.165, 1.54) is 6.20 Å². The molecule has 2 amide bonds. The molecule has 0 radical (unpaired) electrons. The van der Waals surface area contributed by atoms with Crippen molar-refractivity contribution in [2.24, 2.45) is 0 Å².